The molecular weight excluding hydrogens is 310 g/mol. The second kappa shape index (κ2) is 8.94. The van der Waals surface area contributed by atoms with Gasteiger partial charge in [-0.1, -0.05) is 60.7 Å². The second-order valence-electron chi connectivity index (χ2n) is 6.16. The van der Waals surface area contributed by atoms with Crippen molar-refractivity contribution in [1.82, 2.24) is 10.3 Å². The van der Waals surface area contributed by atoms with Crippen LogP contribution in [0.1, 0.15) is 24.0 Å². The molecule has 1 aliphatic rings. The second-order valence-corrected chi connectivity index (χ2v) is 6.16. The van der Waals surface area contributed by atoms with E-state index in [2.05, 4.69) is 39.7 Å². The van der Waals surface area contributed by atoms with Crippen LogP contribution in [0.2, 0.25) is 0 Å². The van der Waals surface area contributed by atoms with Crippen LogP contribution in [0.3, 0.4) is 0 Å². The SMILES string of the molecule is O=C(C=Cc1ccccc1)NN=C1CCN(Cc2ccccc2)CC1. The molecule has 0 aliphatic carbocycles. The Bertz CT molecular complexity index is 728. The molecule has 2 aromatic rings. The lowest BCUT2D eigenvalue weighted by molar-refractivity contribution is -0.116. The molecule has 4 nitrogen and oxygen atoms in total. The number of carbonyl (C=O) groups is 1. The average Bonchev–Trinajstić information content (AvgIpc) is 2.67. The highest BCUT2D eigenvalue weighted by atomic mass is 16.2. The molecule has 0 atom stereocenters. The number of nitrogens with one attached hydrogen (secondary N) is 1. The molecule has 0 unspecified atom stereocenters. The van der Waals surface area contributed by atoms with E-state index in [0.717, 1.165) is 43.8 Å². The summed E-state index contributed by atoms with van der Waals surface area (Å²) in [6, 6.07) is 20.3. The molecule has 1 saturated heterocycles. The third kappa shape index (κ3) is 5.69. The van der Waals surface area contributed by atoms with Crippen molar-refractivity contribution in [2.75, 3.05) is 13.1 Å². The summed E-state index contributed by atoms with van der Waals surface area (Å²) in [6.45, 7) is 2.92. The zero-order valence-electron chi connectivity index (χ0n) is 14.3. The van der Waals surface area contributed by atoms with Gasteiger partial charge in [-0.15, -0.1) is 0 Å². The quantitative estimate of drug-likeness (QED) is 0.673. The molecule has 4 heteroatoms. The van der Waals surface area contributed by atoms with Crippen LogP contribution in [0, 0.1) is 0 Å². The fourth-order valence-electron chi connectivity index (χ4n) is 2.83. The van der Waals surface area contributed by atoms with Gasteiger partial charge in [-0.2, -0.15) is 5.10 Å². The summed E-state index contributed by atoms with van der Waals surface area (Å²) < 4.78 is 0. The van der Waals surface area contributed by atoms with Gasteiger partial charge in [0.25, 0.3) is 5.91 Å². The molecule has 1 aliphatic heterocycles. The van der Waals surface area contributed by atoms with Gasteiger partial charge >= 0.3 is 0 Å². The molecule has 2 aromatic carbocycles. The van der Waals surface area contributed by atoms with Crippen LogP contribution in [0.15, 0.2) is 71.8 Å². The number of amides is 1. The van der Waals surface area contributed by atoms with E-state index in [1.54, 1.807) is 6.08 Å². The van der Waals surface area contributed by atoms with Gasteiger partial charge in [0.2, 0.25) is 0 Å². The highest BCUT2D eigenvalue weighted by molar-refractivity contribution is 5.93. The lowest BCUT2D eigenvalue weighted by Gasteiger charge is -2.27. The Labute approximate surface area is 148 Å². The number of hydrogen-bond acceptors (Lipinski definition) is 3. The fourth-order valence-corrected chi connectivity index (χ4v) is 2.83. The Morgan fingerprint density at radius 3 is 2.32 bits per heavy atom. The van der Waals surface area contributed by atoms with Crippen LogP contribution in [-0.4, -0.2) is 29.6 Å². The molecule has 0 aromatic heterocycles. The van der Waals surface area contributed by atoms with Crippen molar-refractivity contribution in [1.29, 1.82) is 0 Å². The fraction of sp³-hybridized carbons (Fsp3) is 0.238. The largest absolute Gasteiger partial charge is 0.298 e. The topological polar surface area (TPSA) is 44.7 Å². The van der Waals surface area contributed by atoms with E-state index in [1.807, 2.05) is 36.4 Å². The van der Waals surface area contributed by atoms with Gasteiger partial charge in [-0.05, 0) is 17.2 Å². The first-order valence-electron chi connectivity index (χ1n) is 8.64. The zero-order chi connectivity index (χ0) is 17.3. The van der Waals surface area contributed by atoms with Crippen molar-refractivity contribution in [3.8, 4) is 0 Å². The number of hydrogen-bond donors (Lipinski definition) is 1. The summed E-state index contributed by atoms with van der Waals surface area (Å²) >= 11 is 0. The van der Waals surface area contributed by atoms with Crippen LogP contribution < -0.4 is 5.43 Å². The summed E-state index contributed by atoms with van der Waals surface area (Å²) in [6.07, 6.45) is 5.10. The average molecular weight is 333 g/mol. The first-order valence-corrected chi connectivity index (χ1v) is 8.64. The van der Waals surface area contributed by atoms with Gasteiger partial charge in [0, 0.05) is 44.3 Å². The molecule has 25 heavy (non-hydrogen) atoms. The minimum absolute atomic E-state index is 0.192. The van der Waals surface area contributed by atoms with E-state index < -0.39 is 0 Å². The molecule has 0 spiro atoms. The Kier molecular flexibility index (Phi) is 6.12. The zero-order valence-corrected chi connectivity index (χ0v) is 14.3. The first-order chi connectivity index (χ1) is 12.3. The van der Waals surface area contributed by atoms with E-state index >= 15 is 0 Å². The molecule has 1 N–H and O–H groups in total. The van der Waals surface area contributed by atoms with Crippen molar-refractivity contribution in [2.45, 2.75) is 19.4 Å². The minimum atomic E-state index is -0.192. The molecule has 3 rings (SSSR count). The maximum atomic E-state index is 11.8. The van der Waals surface area contributed by atoms with E-state index in [-0.39, 0.29) is 5.91 Å². The lowest BCUT2D eigenvalue weighted by Crippen LogP contribution is -2.34. The molecular formula is C21H23N3O. The van der Waals surface area contributed by atoms with Crippen LogP contribution >= 0.6 is 0 Å². The minimum Gasteiger partial charge on any atom is -0.298 e. The van der Waals surface area contributed by atoms with Crippen LogP contribution in [0.25, 0.3) is 6.08 Å². The third-order valence-electron chi connectivity index (χ3n) is 4.23. The van der Waals surface area contributed by atoms with Crippen molar-refractivity contribution in [3.05, 3.63) is 77.9 Å². The highest BCUT2D eigenvalue weighted by Crippen LogP contribution is 2.11. The predicted molar refractivity (Wildman–Crippen MR) is 102 cm³/mol. The van der Waals surface area contributed by atoms with Gasteiger partial charge in [0.15, 0.2) is 0 Å². The number of likely N-dealkylation sites (tertiary alicyclic amines) is 1. The molecule has 0 radical (unpaired) electrons. The van der Waals surface area contributed by atoms with Crippen molar-refractivity contribution >= 4 is 17.7 Å². The molecule has 0 saturated carbocycles. The summed E-state index contributed by atoms with van der Waals surface area (Å²) in [7, 11) is 0. The molecule has 1 amide bonds. The monoisotopic (exact) mass is 333 g/mol. The van der Waals surface area contributed by atoms with Gasteiger partial charge in [-0.3, -0.25) is 9.69 Å². The summed E-state index contributed by atoms with van der Waals surface area (Å²) in [5.41, 5.74) is 6.03. The summed E-state index contributed by atoms with van der Waals surface area (Å²) in [5.74, 6) is -0.192. The van der Waals surface area contributed by atoms with Crippen LogP contribution in [0.5, 0.6) is 0 Å². The van der Waals surface area contributed by atoms with E-state index in [9.17, 15) is 4.79 Å². The maximum absolute atomic E-state index is 11.8. The van der Waals surface area contributed by atoms with Crippen molar-refractivity contribution in [3.63, 3.8) is 0 Å². The Balaban J connectivity index is 1.43. The van der Waals surface area contributed by atoms with E-state index in [0.29, 0.717) is 0 Å². The Morgan fingerprint density at radius 1 is 1.00 bits per heavy atom. The highest BCUT2D eigenvalue weighted by Gasteiger charge is 2.15. The normalized spacial score (nSPS) is 15.3. The molecule has 1 heterocycles. The third-order valence-corrected chi connectivity index (χ3v) is 4.23. The van der Waals surface area contributed by atoms with E-state index in [1.165, 1.54) is 11.6 Å². The van der Waals surface area contributed by atoms with Crippen molar-refractivity contribution < 1.29 is 4.79 Å². The molecule has 128 valence electrons. The summed E-state index contributed by atoms with van der Waals surface area (Å²) in [5, 5.41) is 4.28. The predicted octanol–water partition coefficient (Wildman–Crippen LogP) is 3.47. The smallest absolute Gasteiger partial charge is 0.264 e. The van der Waals surface area contributed by atoms with Crippen LogP contribution in [0.4, 0.5) is 0 Å². The number of nitrogens with zero attached hydrogens (tertiary/aromatic N) is 2. The van der Waals surface area contributed by atoms with Gasteiger partial charge in [-0.25, -0.2) is 5.43 Å². The molecule has 0 bridgehead atoms. The van der Waals surface area contributed by atoms with Crippen molar-refractivity contribution in [2.24, 2.45) is 5.10 Å². The Morgan fingerprint density at radius 2 is 1.64 bits per heavy atom. The van der Waals surface area contributed by atoms with Gasteiger partial charge in [0.05, 0.1) is 0 Å². The number of rotatable bonds is 5. The number of hydrazone groups is 1. The molecule has 1 fully saturated rings. The summed E-state index contributed by atoms with van der Waals surface area (Å²) in [4.78, 5) is 14.3. The van der Waals surface area contributed by atoms with Gasteiger partial charge in [0.1, 0.15) is 0 Å². The standard InChI is InChI=1S/C21H23N3O/c25-21(12-11-18-7-3-1-4-8-18)23-22-20-13-15-24(16-14-20)17-19-9-5-2-6-10-19/h1-12H,13-17H2,(H,23,25). The number of piperidine rings is 1. The lowest BCUT2D eigenvalue weighted by atomic mass is 10.1. The number of benzene rings is 2. The van der Waals surface area contributed by atoms with Gasteiger partial charge < -0.3 is 0 Å². The number of carbonyl (C=O) groups excluding carboxylic acids is 1. The Hall–Kier alpha value is -2.72. The van der Waals surface area contributed by atoms with E-state index in [4.69, 9.17) is 0 Å². The van der Waals surface area contributed by atoms with Crippen LogP contribution in [-0.2, 0) is 11.3 Å². The first kappa shape index (κ1) is 17.1. The maximum Gasteiger partial charge on any atom is 0.264 e.